The molecule has 1 amide bonds. The zero-order valence-corrected chi connectivity index (χ0v) is 42.6. The molecule has 1 rings (SSSR count). The van der Waals surface area contributed by atoms with Gasteiger partial charge in [0.2, 0.25) is 5.91 Å². The van der Waals surface area contributed by atoms with Crippen molar-refractivity contribution < 1.29 is 49.3 Å². The third-order valence-corrected chi connectivity index (χ3v) is 13.1. The number of nitrogens with one attached hydrogen (secondary N) is 1. The number of amides is 1. The van der Waals surface area contributed by atoms with Gasteiger partial charge in [-0.05, 0) is 44.9 Å². The number of carbonyl (C=O) groups is 2. The Morgan fingerprint density at radius 1 is 0.576 bits per heavy atom. The molecule has 1 saturated heterocycles. The van der Waals surface area contributed by atoms with Gasteiger partial charge in [0.05, 0.1) is 25.4 Å². The van der Waals surface area contributed by atoms with Gasteiger partial charge in [0, 0.05) is 6.42 Å². The van der Waals surface area contributed by atoms with Crippen molar-refractivity contribution in [3.05, 3.63) is 24.3 Å². The lowest BCUT2D eigenvalue weighted by atomic mass is 9.99. The van der Waals surface area contributed by atoms with E-state index in [1.54, 1.807) is 6.08 Å². The molecular formula is C55H103NO10. The fourth-order valence-corrected chi connectivity index (χ4v) is 8.63. The Balaban J connectivity index is 2.77. The second kappa shape index (κ2) is 44.4. The first-order chi connectivity index (χ1) is 32.2. The standard InChI is InChI=1S/C55H103NO10/c1-4-7-10-13-16-19-22-24-27-29-32-35-38-41-47(58)46(56-54(63)48(59)42-39-36-33-30-28-25-23-20-17-14-11-8-5-2)45-64-55-53(52(62)51(61)49(44-57)65-55)66-50(60)43-40-37-34-31-26-21-18-15-12-9-6-3/h15,18,38,41,46-49,51-53,55,57-59,61-62H,4-14,16-17,19-37,39-40,42-45H2,1-3H3,(H,56,63)/b18-15-,41-38+. The number of esters is 1. The average Bonchev–Trinajstić information content (AvgIpc) is 3.31. The van der Waals surface area contributed by atoms with Gasteiger partial charge in [0.25, 0.3) is 0 Å². The van der Waals surface area contributed by atoms with Gasteiger partial charge >= 0.3 is 5.97 Å². The largest absolute Gasteiger partial charge is 0.454 e. The van der Waals surface area contributed by atoms with Crippen LogP contribution in [-0.4, -0.2) is 99.6 Å². The maximum Gasteiger partial charge on any atom is 0.306 e. The van der Waals surface area contributed by atoms with Crippen molar-refractivity contribution in [1.29, 1.82) is 0 Å². The lowest BCUT2D eigenvalue weighted by Crippen LogP contribution is -2.61. The maximum absolute atomic E-state index is 13.3. The minimum Gasteiger partial charge on any atom is -0.454 e. The molecule has 8 atom stereocenters. The van der Waals surface area contributed by atoms with E-state index in [0.717, 1.165) is 77.0 Å². The van der Waals surface area contributed by atoms with Crippen LogP contribution in [0.2, 0.25) is 0 Å². The molecule has 11 heteroatoms. The fourth-order valence-electron chi connectivity index (χ4n) is 8.63. The highest BCUT2D eigenvalue weighted by atomic mass is 16.7. The molecule has 66 heavy (non-hydrogen) atoms. The highest BCUT2D eigenvalue weighted by molar-refractivity contribution is 5.80. The quantitative estimate of drug-likeness (QED) is 0.0196. The van der Waals surface area contributed by atoms with E-state index in [-0.39, 0.29) is 13.0 Å². The van der Waals surface area contributed by atoms with Crippen LogP contribution in [-0.2, 0) is 23.8 Å². The summed E-state index contributed by atoms with van der Waals surface area (Å²) < 4.78 is 17.5. The van der Waals surface area contributed by atoms with E-state index in [0.29, 0.717) is 19.3 Å². The second-order valence-corrected chi connectivity index (χ2v) is 19.3. The van der Waals surface area contributed by atoms with Crippen LogP contribution >= 0.6 is 0 Å². The molecule has 0 aliphatic carbocycles. The number of hydrogen-bond donors (Lipinski definition) is 6. The molecule has 0 aromatic carbocycles. The number of allylic oxidation sites excluding steroid dienone is 3. The van der Waals surface area contributed by atoms with Crippen molar-refractivity contribution in [2.75, 3.05) is 13.2 Å². The summed E-state index contributed by atoms with van der Waals surface area (Å²) in [7, 11) is 0. The number of aliphatic hydroxyl groups excluding tert-OH is 5. The van der Waals surface area contributed by atoms with E-state index in [1.807, 2.05) is 6.08 Å². The summed E-state index contributed by atoms with van der Waals surface area (Å²) >= 11 is 0. The fraction of sp³-hybridized carbons (Fsp3) is 0.891. The Labute approximate surface area is 403 Å². The maximum atomic E-state index is 13.3. The Morgan fingerprint density at radius 2 is 1.02 bits per heavy atom. The summed E-state index contributed by atoms with van der Waals surface area (Å²) in [6.07, 6.45) is 38.0. The monoisotopic (exact) mass is 938 g/mol. The number of rotatable bonds is 46. The van der Waals surface area contributed by atoms with Crippen molar-refractivity contribution >= 4 is 11.9 Å². The Bertz CT molecular complexity index is 1170. The summed E-state index contributed by atoms with van der Waals surface area (Å²) in [5.41, 5.74) is 0. The van der Waals surface area contributed by atoms with Gasteiger partial charge in [0.15, 0.2) is 12.4 Å². The zero-order chi connectivity index (χ0) is 48.3. The molecule has 0 spiro atoms. The third-order valence-electron chi connectivity index (χ3n) is 13.1. The molecule has 8 unspecified atom stereocenters. The summed E-state index contributed by atoms with van der Waals surface area (Å²) in [5.74, 6) is -1.20. The molecule has 388 valence electrons. The third kappa shape index (κ3) is 32.8. The van der Waals surface area contributed by atoms with Crippen molar-refractivity contribution in [2.24, 2.45) is 0 Å². The normalized spacial score (nSPS) is 20.3. The summed E-state index contributed by atoms with van der Waals surface area (Å²) in [6.45, 7) is 5.73. The molecule has 1 aliphatic heterocycles. The lowest BCUT2D eigenvalue weighted by molar-refractivity contribution is -0.305. The number of aliphatic hydroxyl groups is 5. The topological polar surface area (TPSA) is 175 Å². The zero-order valence-electron chi connectivity index (χ0n) is 42.6. The predicted molar refractivity (Wildman–Crippen MR) is 269 cm³/mol. The summed E-state index contributed by atoms with van der Waals surface area (Å²) in [4.78, 5) is 26.3. The van der Waals surface area contributed by atoms with Crippen LogP contribution in [0.3, 0.4) is 0 Å². The first-order valence-electron chi connectivity index (χ1n) is 27.6. The van der Waals surface area contributed by atoms with E-state index >= 15 is 0 Å². The molecule has 6 N–H and O–H groups in total. The minimum atomic E-state index is -1.61. The SMILES string of the molecule is CCCC/C=C\CCCCCCCC(=O)OC1C(OCC(NC(=O)C(O)CCCCCCCCCCCCCCC)C(O)/C=C/CCCCCCCCCCCCC)OC(CO)C(O)C1O. The van der Waals surface area contributed by atoms with E-state index in [9.17, 15) is 35.1 Å². The van der Waals surface area contributed by atoms with Gasteiger partial charge in [0.1, 0.15) is 24.4 Å². The van der Waals surface area contributed by atoms with Crippen LogP contribution in [0, 0.1) is 0 Å². The van der Waals surface area contributed by atoms with Crippen molar-refractivity contribution in [1.82, 2.24) is 5.32 Å². The molecule has 0 bridgehead atoms. The van der Waals surface area contributed by atoms with E-state index in [4.69, 9.17) is 14.2 Å². The lowest BCUT2D eigenvalue weighted by Gasteiger charge is -2.41. The average molecular weight is 938 g/mol. The van der Waals surface area contributed by atoms with Crippen LogP contribution in [0.5, 0.6) is 0 Å². The van der Waals surface area contributed by atoms with Crippen molar-refractivity contribution in [3.8, 4) is 0 Å². The van der Waals surface area contributed by atoms with Gasteiger partial charge < -0.3 is 45.1 Å². The highest BCUT2D eigenvalue weighted by Crippen LogP contribution is 2.26. The van der Waals surface area contributed by atoms with Gasteiger partial charge in [-0.3, -0.25) is 9.59 Å². The number of unbranched alkanes of at least 4 members (excludes halogenated alkanes) is 30. The minimum absolute atomic E-state index is 0.116. The molecule has 0 saturated carbocycles. The van der Waals surface area contributed by atoms with Gasteiger partial charge in [-0.2, -0.15) is 0 Å². The Morgan fingerprint density at radius 3 is 1.52 bits per heavy atom. The summed E-state index contributed by atoms with van der Waals surface area (Å²) in [6, 6.07) is -1.02. The van der Waals surface area contributed by atoms with Crippen LogP contribution in [0.25, 0.3) is 0 Å². The summed E-state index contributed by atoms with van der Waals surface area (Å²) in [5, 5.41) is 56.7. The van der Waals surface area contributed by atoms with E-state index < -0.39 is 67.4 Å². The second-order valence-electron chi connectivity index (χ2n) is 19.3. The van der Waals surface area contributed by atoms with Crippen molar-refractivity contribution in [3.63, 3.8) is 0 Å². The van der Waals surface area contributed by atoms with Gasteiger partial charge in [-0.1, -0.05) is 225 Å². The first-order valence-corrected chi connectivity index (χ1v) is 27.6. The molecule has 1 fully saturated rings. The van der Waals surface area contributed by atoms with E-state index in [2.05, 4.69) is 38.2 Å². The number of hydrogen-bond acceptors (Lipinski definition) is 10. The smallest absolute Gasteiger partial charge is 0.306 e. The van der Waals surface area contributed by atoms with Crippen molar-refractivity contribution in [2.45, 2.75) is 301 Å². The van der Waals surface area contributed by atoms with Crippen LogP contribution in [0.1, 0.15) is 252 Å². The molecular weight excluding hydrogens is 835 g/mol. The van der Waals surface area contributed by atoms with Gasteiger partial charge in [-0.25, -0.2) is 0 Å². The van der Waals surface area contributed by atoms with Crippen LogP contribution < -0.4 is 5.32 Å². The predicted octanol–water partition coefficient (Wildman–Crippen LogP) is 11.8. The molecule has 0 aromatic rings. The Hall–Kier alpha value is -1.86. The number of carbonyl (C=O) groups excluding carboxylic acids is 2. The van der Waals surface area contributed by atoms with Crippen LogP contribution in [0.15, 0.2) is 24.3 Å². The van der Waals surface area contributed by atoms with Crippen LogP contribution in [0.4, 0.5) is 0 Å². The molecule has 1 aliphatic rings. The number of ether oxygens (including phenoxy) is 3. The molecule has 11 nitrogen and oxygen atoms in total. The van der Waals surface area contributed by atoms with E-state index in [1.165, 1.54) is 128 Å². The van der Waals surface area contributed by atoms with Gasteiger partial charge in [-0.15, -0.1) is 0 Å². The molecule has 0 aromatic heterocycles. The molecule has 0 radical (unpaired) electrons. The molecule has 1 heterocycles. The highest BCUT2D eigenvalue weighted by Gasteiger charge is 2.47. The Kier molecular flexibility index (Phi) is 41.8. The first kappa shape index (κ1) is 62.2.